The van der Waals surface area contributed by atoms with E-state index in [1.54, 1.807) is 0 Å². The van der Waals surface area contributed by atoms with Gasteiger partial charge in [-0.2, -0.15) is 0 Å². The van der Waals surface area contributed by atoms with Crippen molar-refractivity contribution in [3.63, 3.8) is 0 Å². The van der Waals surface area contributed by atoms with E-state index in [0.29, 0.717) is 18.0 Å². The highest BCUT2D eigenvalue weighted by Crippen LogP contribution is 2.59. The Morgan fingerprint density at radius 3 is 2.38 bits per heavy atom. The van der Waals surface area contributed by atoms with E-state index in [0.717, 1.165) is 59.6 Å². The van der Waals surface area contributed by atoms with Crippen LogP contribution in [0, 0.1) is 0 Å². The number of ether oxygens (including phenoxy) is 4. The van der Waals surface area contributed by atoms with Gasteiger partial charge in [0.05, 0.1) is 0 Å². The quantitative estimate of drug-likeness (QED) is 0.315. The number of allylic oxidation sites excluding steroid dienone is 1. The molecule has 1 atom stereocenters. The number of hydrogen-bond acceptors (Lipinski definition) is 5. The van der Waals surface area contributed by atoms with E-state index < -0.39 is 9.83 Å². The molecule has 0 aromatic heterocycles. The minimum absolute atomic E-state index is 0.157. The molecule has 0 amide bonds. The minimum Gasteiger partial charge on any atom is -0.454 e. The van der Waals surface area contributed by atoms with Gasteiger partial charge < -0.3 is 23.8 Å². The van der Waals surface area contributed by atoms with E-state index in [1.807, 2.05) is 12.1 Å². The molecule has 5 nitrogen and oxygen atoms in total. The maximum absolute atomic E-state index is 6.74. The number of aryl methyl sites for hydroxylation is 1. The molecule has 3 aromatic carbocycles. The Morgan fingerprint density at radius 2 is 1.57 bits per heavy atom. The highest BCUT2D eigenvalue weighted by atomic mass is 35.6. The average Bonchev–Trinajstić information content (AvgIpc) is 3.56. The van der Waals surface area contributed by atoms with Crippen LogP contribution in [0.2, 0.25) is 0 Å². The molecule has 37 heavy (non-hydrogen) atoms. The van der Waals surface area contributed by atoms with Crippen molar-refractivity contribution in [1.82, 2.24) is 4.90 Å². The van der Waals surface area contributed by atoms with Crippen LogP contribution in [0.3, 0.4) is 0 Å². The average molecular weight is 557 g/mol. The molecule has 7 rings (SSSR count). The molecule has 4 aliphatic rings. The zero-order valence-electron chi connectivity index (χ0n) is 19.9. The fraction of sp³-hybridized carbons (Fsp3) is 0.310. The number of nitrogens with zero attached hydrogens (tertiary/aromatic N) is 1. The molecule has 0 bridgehead atoms. The molecule has 0 unspecified atom stereocenters. The van der Waals surface area contributed by atoms with Crippen LogP contribution in [0.1, 0.15) is 46.7 Å². The van der Waals surface area contributed by atoms with Crippen molar-refractivity contribution in [3.8, 4) is 23.0 Å². The van der Waals surface area contributed by atoms with Gasteiger partial charge in [0.25, 0.3) is 0 Å². The maximum Gasteiger partial charge on any atom is 0.231 e. The topological polar surface area (TPSA) is 40.2 Å². The van der Waals surface area contributed by atoms with E-state index in [1.165, 1.54) is 16.7 Å². The van der Waals surface area contributed by atoms with Crippen LogP contribution in [0.15, 0.2) is 54.6 Å². The summed E-state index contributed by atoms with van der Waals surface area (Å²) in [5.41, 5.74) is 7.88. The van der Waals surface area contributed by atoms with Crippen molar-refractivity contribution in [2.45, 2.75) is 35.5 Å². The molecule has 8 heteroatoms. The van der Waals surface area contributed by atoms with Crippen LogP contribution >= 0.6 is 34.8 Å². The smallest absolute Gasteiger partial charge is 0.231 e. The van der Waals surface area contributed by atoms with Crippen LogP contribution < -0.4 is 18.9 Å². The monoisotopic (exact) mass is 555 g/mol. The SMILES string of the molecule is ClC(Cl)(Cl)[C@@H]1c2c(ccc3c2OCO3)C(CCCc2ccccc2)=C2c3cc4c(cc3CCN21)OCO4. The third-order valence-corrected chi connectivity index (χ3v) is 8.20. The molecule has 4 aliphatic heterocycles. The van der Waals surface area contributed by atoms with Gasteiger partial charge in [0.2, 0.25) is 17.4 Å². The third-order valence-electron chi connectivity index (χ3n) is 7.58. The molecule has 0 radical (unpaired) electrons. The van der Waals surface area contributed by atoms with Crippen molar-refractivity contribution in [2.24, 2.45) is 0 Å². The number of benzene rings is 3. The summed E-state index contributed by atoms with van der Waals surface area (Å²) in [5, 5.41) is 0. The fourth-order valence-electron chi connectivity index (χ4n) is 6.03. The first-order valence-corrected chi connectivity index (χ1v) is 13.6. The zero-order valence-corrected chi connectivity index (χ0v) is 22.2. The lowest BCUT2D eigenvalue weighted by Gasteiger charge is -2.47. The van der Waals surface area contributed by atoms with Gasteiger partial charge in [0.1, 0.15) is 6.04 Å². The van der Waals surface area contributed by atoms with E-state index in [9.17, 15) is 0 Å². The Kier molecular flexibility index (Phi) is 5.65. The largest absolute Gasteiger partial charge is 0.454 e. The van der Waals surface area contributed by atoms with Gasteiger partial charge in [-0.3, -0.25) is 0 Å². The summed E-state index contributed by atoms with van der Waals surface area (Å²) in [5.74, 6) is 2.89. The minimum atomic E-state index is -1.59. The molecular weight excluding hydrogens is 533 g/mol. The summed E-state index contributed by atoms with van der Waals surface area (Å²) < 4.78 is 21.5. The molecule has 0 saturated heterocycles. The predicted octanol–water partition coefficient (Wildman–Crippen LogP) is 7.32. The highest BCUT2D eigenvalue weighted by Gasteiger charge is 2.48. The lowest BCUT2D eigenvalue weighted by Crippen LogP contribution is -2.42. The van der Waals surface area contributed by atoms with Crippen LogP contribution in [-0.4, -0.2) is 28.8 Å². The Morgan fingerprint density at radius 1 is 0.811 bits per heavy atom. The summed E-state index contributed by atoms with van der Waals surface area (Å²) >= 11 is 20.2. The van der Waals surface area contributed by atoms with Crippen LogP contribution in [0.25, 0.3) is 11.3 Å². The first-order valence-electron chi connectivity index (χ1n) is 12.5. The number of hydrogen-bond donors (Lipinski definition) is 0. The van der Waals surface area contributed by atoms with Crippen molar-refractivity contribution in [1.29, 1.82) is 0 Å². The first-order chi connectivity index (χ1) is 18.0. The van der Waals surface area contributed by atoms with Gasteiger partial charge in [-0.15, -0.1) is 0 Å². The second-order valence-electron chi connectivity index (χ2n) is 9.68. The maximum atomic E-state index is 6.74. The van der Waals surface area contributed by atoms with E-state index in [-0.39, 0.29) is 13.6 Å². The van der Waals surface area contributed by atoms with Crippen LogP contribution in [0.5, 0.6) is 23.0 Å². The zero-order chi connectivity index (χ0) is 25.1. The highest BCUT2D eigenvalue weighted by molar-refractivity contribution is 6.68. The summed E-state index contributed by atoms with van der Waals surface area (Å²) in [6.45, 7) is 1.09. The lowest BCUT2D eigenvalue weighted by atomic mass is 9.80. The van der Waals surface area contributed by atoms with Gasteiger partial charge in [0, 0.05) is 23.4 Å². The van der Waals surface area contributed by atoms with E-state index in [2.05, 4.69) is 47.4 Å². The Hall–Kier alpha value is -2.73. The van der Waals surface area contributed by atoms with Gasteiger partial charge in [-0.05, 0) is 66.1 Å². The molecule has 4 heterocycles. The van der Waals surface area contributed by atoms with Crippen molar-refractivity contribution in [2.75, 3.05) is 20.1 Å². The fourth-order valence-corrected chi connectivity index (χ4v) is 6.71. The Labute approximate surface area is 230 Å². The molecule has 3 aromatic rings. The van der Waals surface area contributed by atoms with E-state index in [4.69, 9.17) is 53.8 Å². The number of fused-ring (bicyclic) bond motifs is 7. The number of rotatable bonds is 4. The molecule has 0 saturated carbocycles. The third kappa shape index (κ3) is 3.91. The predicted molar refractivity (Wildman–Crippen MR) is 145 cm³/mol. The van der Waals surface area contributed by atoms with Crippen LogP contribution in [-0.2, 0) is 12.8 Å². The summed E-state index contributed by atoms with van der Waals surface area (Å²) in [4.78, 5) is 2.25. The second-order valence-corrected chi connectivity index (χ2v) is 12.0. The van der Waals surface area contributed by atoms with Gasteiger partial charge in [-0.25, -0.2) is 0 Å². The van der Waals surface area contributed by atoms with Gasteiger partial charge in [0.15, 0.2) is 23.0 Å². The lowest BCUT2D eigenvalue weighted by molar-refractivity contribution is 0.171. The summed E-state index contributed by atoms with van der Waals surface area (Å²) in [7, 11) is 0. The van der Waals surface area contributed by atoms with Crippen molar-refractivity contribution < 1.29 is 18.9 Å². The van der Waals surface area contributed by atoms with Crippen molar-refractivity contribution >= 4 is 46.1 Å². The van der Waals surface area contributed by atoms with Crippen molar-refractivity contribution in [3.05, 3.63) is 82.4 Å². The summed E-state index contributed by atoms with van der Waals surface area (Å²) in [6.07, 6.45) is 3.60. The number of alkyl halides is 3. The molecule has 0 spiro atoms. The summed E-state index contributed by atoms with van der Waals surface area (Å²) in [6, 6.07) is 18.3. The van der Waals surface area contributed by atoms with Gasteiger partial charge >= 0.3 is 0 Å². The molecule has 0 fully saturated rings. The normalized spacial score (nSPS) is 19.0. The molecule has 190 valence electrons. The molecular formula is C29H24Cl3NO4. The Bertz CT molecular complexity index is 1420. The molecule has 0 N–H and O–H groups in total. The molecule has 0 aliphatic carbocycles. The number of halogens is 3. The standard InChI is InChI=1S/C29H24Cl3NO4/c30-29(31,32)28-25-19(9-10-22-27(25)37-16-34-22)20(8-4-7-17-5-2-1-3-6-17)26-21-14-24-23(35-15-36-24)13-18(21)11-12-33(26)28/h1-3,5-6,9-10,13-14,28H,4,7-8,11-12,15-16H2/t28-/m0/s1. The van der Waals surface area contributed by atoms with Crippen LogP contribution in [0.4, 0.5) is 0 Å². The van der Waals surface area contributed by atoms with Gasteiger partial charge in [-0.1, -0.05) is 71.2 Å². The first kappa shape index (κ1) is 23.4. The Balaban J connectivity index is 1.42. The second kappa shape index (κ2) is 8.93. The van der Waals surface area contributed by atoms with E-state index >= 15 is 0 Å².